The molecule has 0 bridgehead atoms. The van der Waals surface area contributed by atoms with Crippen molar-refractivity contribution in [3.05, 3.63) is 50.5 Å². The van der Waals surface area contributed by atoms with E-state index >= 15 is 0 Å². The zero-order valence-corrected chi connectivity index (χ0v) is 21.2. The van der Waals surface area contributed by atoms with Crippen LogP contribution in [0.1, 0.15) is 29.1 Å². The molecule has 5 N–H and O–H groups in total. The van der Waals surface area contributed by atoms with E-state index in [4.69, 9.17) is 29.1 Å². The van der Waals surface area contributed by atoms with Crippen LogP contribution in [-0.2, 0) is 14.2 Å². The molecule has 3 aromatic rings. The number of primary amides is 1. The third-order valence-electron chi connectivity index (χ3n) is 6.00. The lowest BCUT2D eigenvalue weighted by molar-refractivity contribution is -0.304. The van der Waals surface area contributed by atoms with Gasteiger partial charge in [-0.3, -0.25) is 4.79 Å². The van der Waals surface area contributed by atoms with E-state index in [9.17, 15) is 24.6 Å². The lowest BCUT2D eigenvalue weighted by atomic mass is 9.89. The van der Waals surface area contributed by atoms with Crippen LogP contribution in [0.25, 0.3) is 11.0 Å². The predicted octanol–water partition coefficient (Wildman–Crippen LogP) is 2.47. The summed E-state index contributed by atoms with van der Waals surface area (Å²) in [5.41, 5.74) is 3.04. The van der Waals surface area contributed by atoms with Crippen molar-refractivity contribution in [3.63, 3.8) is 0 Å². The van der Waals surface area contributed by atoms with E-state index in [1.807, 2.05) is 0 Å². The molecule has 2 aromatic heterocycles. The van der Waals surface area contributed by atoms with E-state index in [1.54, 1.807) is 38.3 Å². The number of hydrogen-bond donors (Lipinski definition) is 4. The van der Waals surface area contributed by atoms with Crippen molar-refractivity contribution >= 4 is 40.0 Å². The minimum atomic E-state index is -1.49. The summed E-state index contributed by atoms with van der Waals surface area (Å²) in [7, 11) is 1.38. The molecule has 1 fully saturated rings. The number of fused-ring (bicyclic) bond motifs is 1. The summed E-state index contributed by atoms with van der Waals surface area (Å²) < 4.78 is 27.7. The van der Waals surface area contributed by atoms with E-state index in [-0.39, 0.29) is 16.7 Å². The number of nitrogens with two attached hydrogens (primary N) is 1. The highest BCUT2D eigenvalue weighted by molar-refractivity contribution is 7.12. The summed E-state index contributed by atoms with van der Waals surface area (Å²) in [6.07, 6.45) is -5.98. The predicted molar refractivity (Wildman–Crippen MR) is 132 cm³/mol. The van der Waals surface area contributed by atoms with Crippen molar-refractivity contribution in [1.29, 1.82) is 0 Å². The van der Waals surface area contributed by atoms with Crippen LogP contribution < -0.4 is 21.4 Å². The van der Waals surface area contributed by atoms with Gasteiger partial charge in [-0.2, -0.15) is 0 Å². The number of methoxy groups -OCH3 is 1. The van der Waals surface area contributed by atoms with Crippen molar-refractivity contribution in [2.45, 2.75) is 51.0 Å². The van der Waals surface area contributed by atoms with E-state index < -0.39 is 59.3 Å². The quantitative estimate of drug-likeness (QED) is 0.343. The number of aromatic hydroxyl groups is 1. The van der Waals surface area contributed by atoms with Crippen LogP contribution in [0.5, 0.6) is 11.5 Å². The number of amides is 2. The van der Waals surface area contributed by atoms with Crippen molar-refractivity contribution in [3.8, 4) is 11.5 Å². The number of hydrogen-bond acceptors (Lipinski definition) is 11. The Balaban J connectivity index is 1.66. The normalized spacial score (nSPS) is 22.9. The fourth-order valence-corrected chi connectivity index (χ4v) is 4.87. The fraction of sp³-hybridized carbons (Fsp3) is 0.375. The number of thiophene rings is 1. The number of carbonyl (C=O) groups is 2. The van der Waals surface area contributed by atoms with Crippen LogP contribution in [0.2, 0.25) is 0 Å². The van der Waals surface area contributed by atoms with Gasteiger partial charge < -0.3 is 44.6 Å². The highest BCUT2D eigenvalue weighted by Gasteiger charge is 2.53. The summed E-state index contributed by atoms with van der Waals surface area (Å²) in [4.78, 5) is 36.8. The fourth-order valence-electron chi connectivity index (χ4n) is 4.26. The third kappa shape index (κ3) is 4.98. The first-order valence-corrected chi connectivity index (χ1v) is 12.0. The van der Waals surface area contributed by atoms with E-state index in [0.717, 1.165) is 0 Å². The number of aliphatic hydroxyl groups is 1. The molecule has 1 saturated heterocycles. The molecular weight excluding hydrogens is 508 g/mol. The van der Waals surface area contributed by atoms with Gasteiger partial charge >= 0.3 is 11.7 Å². The number of benzene rings is 1. The number of ether oxygens (including phenoxy) is 4. The van der Waals surface area contributed by atoms with E-state index in [2.05, 4.69) is 5.32 Å². The Morgan fingerprint density at radius 1 is 1.24 bits per heavy atom. The highest BCUT2D eigenvalue weighted by atomic mass is 32.1. The molecule has 4 atom stereocenters. The molecule has 1 aromatic carbocycles. The molecule has 12 nitrogen and oxygen atoms in total. The standard InChI is InChI=1S/C24H26N2O10S/c1-10-12(33-22-16(28)18(35-23(25)31)19(32-4)24(2,3)36-22)8-7-11-15(27)14(21(30)34-17(10)11)26-20(29)13-6-5-9-37-13/h5-9,16,18-19,22,27-28H,1-4H3,(H2,25,31)(H,26,29)/t16-,18+,19-,22-/m1/s1. The molecule has 198 valence electrons. The second-order valence-electron chi connectivity index (χ2n) is 8.87. The van der Waals surface area contributed by atoms with Gasteiger partial charge in [0.1, 0.15) is 17.4 Å². The van der Waals surface area contributed by atoms with Crippen LogP contribution in [-0.4, -0.2) is 59.5 Å². The van der Waals surface area contributed by atoms with Crippen molar-refractivity contribution in [2.75, 3.05) is 12.4 Å². The maximum atomic E-state index is 12.6. The Morgan fingerprint density at radius 3 is 2.59 bits per heavy atom. The van der Waals surface area contributed by atoms with Crippen LogP contribution in [0.3, 0.4) is 0 Å². The maximum absolute atomic E-state index is 12.6. The molecule has 0 radical (unpaired) electrons. The van der Waals surface area contributed by atoms with Gasteiger partial charge in [-0.25, -0.2) is 9.59 Å². The first-order chi connectivity index (χ1) is 17.4. The zero-order valence-electron chi connectivity index (χ0n) is 20.3. The van der Waals surface area contributed by atoms with Crippen LogP contribution >= 0.6 is 11.3 Å². The number of aryl methyl sites for hydroxylation is 1. The summed E-state index contributed by atoms with van der Waals surface area (Å²) in [5.74, 6) is -0.889. The minimum absolute atomic E-state index is 0.00149. The first-order valence-electron chi connectivity index (χ1n) is 11.1. The van der Waals surface area contributed by atoms with Gasteiger partial charge in [0.2, 0.25) is 6.29 Å². The second-order valence-corrected chi connectivity index (χ2v) is 9.81. The summed E-state index contributed by atoms with van der Waals surface area (Å²) >= 11 is 1.17. The molecule has 0 aliphatic carbocycles. The summed E-state index contributed by atoms with van der Waals surface area (Å²) in [6.45, 7) is 4.90. The van der Waals surface area contributed by atoms with Crippen LogP contribution in [0.15, 0.2) is 38.9 Å². The maximum Gasteiger partial charge on any atom is 0.404 e. The molecule has 1 aliphatic heterocycles. The monoisotopic (exact) mass is 534 g/mol. The topological polar surface area (TPSA) is 180 Å². The Kier molecular flexibility index (Phi) is 7.15. The molecule has 0 unspecified atom stereocenters. The first kappa shape index (κ1) is 26.4. The lowest BCUT2D eigenvalue weighted by Crippen LogP contribution is -2.65. The third-order valence-corrected chi connectivity index (χ3v) is 6.87. The average Bonchev–Trinajstić information content (AvgIpc) is 3.36. The van der Waals surface area contributed by atoms with E-state index in [0.29, 0.717) is 10.4 Å². The zero-order chi connectivity index (χ0) is 27.1. The molecule has 3 heterocycles. The highest BCUT2D eigenvalue weighted by Crippen LogP contribution is 2.38. The molecule has 13 heteroatoms. The van der Waals surface area contributed by atoms with Gasteiger partial charge in [0, 0.05) is 12.7 Å². The van der Waals surface area contributed by atoms with Gasteiger partial charge in [0.15, 0.2) is 23.6 Å². The number of rotatable bonds is 6. The largest absolute Gasteiger partial charge is 0.505 e. The van der Waals surface area contributed by atoms with Crippen molar-refractivity contribution in [2.24, 2.45) is 5.73 Å². The average molecular weight is 535 g/mol. The van der Waals surface area contributed by atoms with Gasteiger partial charge in [-0.15, -0.1) is 11.3 Å². The van der Waals surface area contributed by atoms with Gasteiger partial charge in [-0.1, -0.05) is 6.07 Å². The van der Waals surface area contributed by atoms with Crippen LogP contribution in [0, 0.1) is 6.92 Å². The molecule has 37 heavy (non-hydrogen) atoms. The lowest BCUT2D eigenvalue weighted by Gasteiger charge is -2.47. The number of nitrogens with one attached hydrogen (secondary N) is 1. The Bertz CT molecular complexity index is 1380. The Hall–Kier alpha value is -3.65. The number of anilines is 1. The van der Waals surface area contributed by atoms with Crippen molar-refractivity contribution in [1.82, 2.24) is 0 Å². The van der Waals surface area contributed by atoms with Gasteiger partial charge in [0.25, 0.3) is 5.91 Å². The SMILES string of the molecule is CO[C@@H]1[C@@H](OC(N)=O)[C@@H](O)[C@H](Oc2ccc3c(O)c(NC(=O)c4cccs4)c(=O)oc3c2C)OC1(C)C. The smallest absolute Gasteiger partial charge is 0.404 e. The van der Waals surface area contributed by atoms with E-state index in [1.165, 1.54) is 30.6 Å². The van der Waals surface area contributed by atoms with Gasteiger partial charge in [-0.05, 0) is 44.4 Å². The molecule has 2 amide bonds. The molecular formula is C24H26N2O10S. The molecule has 4 rings (SSSR count). The summed E-state index contributed by atoms with van der Waals surface area (Å²) in [5, 5.41) is 25.8. The van der Waals surface area contributed by atoms with Crippen molar-refractivity contribution < 1.29 is 43.2 Å². The number of aliphatic hydroxyl groups excluding tert-OH is 1. The Morgan fingerprint density at radius 2 is 1.97 bits per heavy atom. The minimum Gasteiger partial charge on any atom is -0.505 e. The number of carbonyl (C=O) groups excluding carboxylic acids is 2. The van der Waals surface area contributed by atoms with Gasteiger partial charge in [0.05, 0.1) is 15.9 Å². The Labute approximate surface area is 214 Å². The second kappa shape index (κ2) is 10.0. The summed E-state index contributed by atoms with van der Waals surface area (Å²) in [6, 6.07) is 6.15. The van der Waals surface area contributed by atoms with Crippen LogP contribution in [0.4, 0.5) is 10.5 Å². The molecule has 1 aliphatic rings. The molecule has 0 saturated carbocycles. The molecule has 0 spiro atoms.